The summed E-state index contributed by atoms with van der Waals surface area (Å²) in [5.74, 6) is -1.00. The molecule has 0 aromatic heterocycles. The normalized spacial score (nSPS) is 22.9. The Labute approximate surface area is 120 Å². The third kappa shape index (κ3) is 5.23. The minimum atomic E-state index is -1.00. The number of carboxylic acids is 1. The number of carbonyl (C=O) groups is 2. The molecule has 0 bridgehead atoms. The van der Waals surface area contributed by atoms with Crippen molar-refractivity contribution in [1.29, 1.82) is 0 Å². The molecule has 1 saturated heterocycles. The number of hydrogen-bond donors (Lipinski definition) is 1. The van der Waals surface area contributed by atoms with Gasteiger partial charge in [-0.2, -0.15) is 0 Å². The lowest BCUT2D eigenvalue weighted by Gasteiger charge is -2.42. The number of ether oxygens (including phenoxy) is 1. The summed E-state index contributed by atoms with van der Waals surface area (Å²) < 4.78 is 5.41. The van der Waals surface area contributed by atoms with E-state index in [1.807, 2.05) is 20.8 Å². The molecule has 1 amide bonds. The van der Waals surface area contributed by atoms with E-state index >= 15 is 0 Å². The van der Waals surface area contributed by atoms with Gasteiger partial charge in [0.15, 0.2) is 0 Å². The van der Waals surface area contributed by atoms with Crippen LogP contribution in [0.25, 0.3) is 0 Å². The van der Waals surface area contributed by atoms with Gasteiger partial charge in [-0.15, -0.1) is 0 Å². The van der Waals surface area contributed by atoms with Crippen LogP contribution >= 0.6 is 0 Å². The van der Waals surface area contributed by atoms with E-state index in [-0.39, 0.29) is 17.6 Å². The molecular formula is C15H25NO4. The fraction of sp³-hybridized carbons (Fsp3) is 0.733. The number of amides is 1. The Morgan fingerprint density at radius 3 is 2.45 bits per heavy atom. The molecule has 1 aliphatic heterocycles. The first kappa shape index (κ1) is 16.5. The molecule has 1 rings (SSSR count). The average molecular weight is 283 g/mol. The summed E-state index contributed by atoms with van der Waals surface area (Å²) in [6, 6.07) is -0.214. The number of piperidine rings is 1. The van der Waals surface area contributed by atoms with Crippen LogP contribution in [0, 0.1) is 5.41 Å². The van der Waals surface area contributed by atoms with Crippen molar-refractivity contribution in [2.75, 3.05) is 6.54 Å². The Bertz CT molecular complexity index is 407. The zero-order valence-electron chi connectivity index (χ0n) is 13.0. The lowest BCUT2D eigenvalue weighted by atomic mass is 9.81. The zero-order chi connectivity index (χ0) is 15.6. The molecule has 0 saturated carbocycles. The SMILES string of the molecule is CC1(C)CCC(/C=C/C(=O)O)N(C(=O)OC(C)(C)C)C1. The van der Waals surface area contributed by atoms with Crippen molar-refractivity contribution in [2.24, 2.45) is 5.41 Å². The van der Waals surface area contributed by atoms with Gasteiger partial charge < -0.3 is 14.7 Å². The van der Waals surface area contributed by atoms with Crippen LogP contribution in [0.15, 0.2) is 12.2 Å². The fourth-order valence-corrected chi connectivity index (χ4v) is 2.27. The van der Waals surface area contributed by atoms with E-state index in [1.165, 1.54) is 0 Å². The smallest absolute Gasteiger partial charge is 0.410 e. The number of carbonyl (C=O) groups excluding carboxylic acids is 1. The summed E-state index contributed by atoms with van der Waals surface area (Å²) in [4.78, 5) is 24.6. The molecule has 0 spiro atoms. The van der Waals surface area contributed by atoms with Gasteiger partial charge in [0.2, 0.25) is 0 Å². The van der Waals surface area contributed by atoms with Gasteiger partial charge in [-0.1, -0.05) is 19.9 Å². The largest absolute Gasteiger partial charge is 0.478 e. The minimum absolute atomic E-state index is 0.0183. The van der Waals surface area contributed by atoms with Crippen LogP contribution in [0.3, 0.4) is 0 Å². The Kier molecular flexibility index (Phi) is 4.84. The molecular weight excluding hydrogens is 258 g/mol. The highest BCUT2D eigenvalue weighted by molar-refractivity contribution is 5.80. The highest BCUT2D eigenvalue weighted by atomic mass is 16.6. The second-order valence-corrected chi connectivity index (χ2v) is 7.08. The molecule has 1 unspecified atom stereocenters. The maximum Gasteiger partial charge on any atom is 0.410 e. The molecule has 1 aliphatic rings. The Morgan fingerprint density at radius 2 is 1.95 bits per heavy atom. The number of hydrogen-bond acceptors (Lipinski definition) is 3. The minimum Gasteiger partial charge on any atom is -0.478 e. The van der Waals surface area contributed by atoms with Gasteiger partial charge in [0, 0.05) is 12.6 Å². The van der Waals surface area contributed by atoms with Gasteiger partial charge in [-0.05, 0) is 39.0 Å². The van der Waals surface area contributed by atoms with Crippen molar-refractivity contribution >= 4 is 12.1 Å². The van der Waals surface area contributed by atoms with Crippen molar-refractivity contribution in [2.45, 2.75) is 59.1 Å². The first-order valence-corrected chi connectivity index (χ1v) is 6.91. The molecule has 5 heteroatoms. The lowest BCUT2D eigenvalue weighted by Crippen LogP contribution is -2.50. The number of likely N-dealkylation sites (tertiary alicyclic amines) is 1. The molecule has 1 heterocycles. The van der Waals surface area contributed by atoms with E-state index in [2.05, 4.69) is 13.8 Å². The summed E-state index contributed by atoms with van der Waals surface area (Å²) in [6.07, 6.45) is 3.98. The molecule has 0 aliphatic carbocycles. The summed E-state index contributed by atoms with van der Waals surface area (Å²) in [6.45, 7) is 10.2. The second kappa shape index (κ2) is 5.85. The van der Waals surface area contributed by atoms with Crippen LogP contribution < -0.4 is 0 Å². The van der Waals surface area contributed by atoms with Crippen LogP contribution in [0.4, 0.5) is 4.79 Å². The number of rotatable bonds is 2. The fourth-order valence-electron chi connectivity index (χ4n) is 2.27. The molecule has 0 aromatic rings. The summed E-state index contributed by atoms with van der Waals surface area (Å²) in [5, 5.41) is 8.74. The van der Waals surface area contributed by atoms with E-state index in [4.69, 9.17) is 9.84 Å². The zero-order valence-corrected chi connectivity index (χ0v) is 13.0. The van der Waals surface area contributed by atoms with Crippen molar-refractivity contribution in [3.05, 3.63) is 12.2 Å². The molecule has 0 aromatic carbocycles. The van der Waals surface area contributed by atoms with E-state index < -0.39 is 11.6 Å². The van der Waals surface area contributed by atoms with Gasteiger partial charge in [0.1, 0.15) is 5.60 Å². The summed E-state index contributed by atoms with van der Waals surface area (Å²) >= 11 is 0. The Hall–Kier alpha value is -1.52. The predicted octanol–water partition coefficient (Wildman–Crippen LogP) is 3.05. The van der Waals surface area contributed by atoms with E-state index in [0.717, 1.165) is 18.9 Å². The standard InChI is InChI=1S/C15H25NO4/c1-14(2,3)20-13(19)16-10-15(4,5)9-8-11(16)6-7-12(17)18/h6-7,11H,8-10H2,1-5H3,(H,17,18)/b7-6+. The Balaban J connectivity index is 2.87. The van der Waals surface area contributed by atoms with E-state index in [1.54, 1.807) is 11.0 Å². The summed E-state index contributed by atoms with van der Waals surface area (Å²) in [7, 11) is 0. The van der Waals surface area contributed by atoms with Crippen LogP contribution in [0.5, 0.6) is 0 Å². The van der Waals surface area contributed by atoms with Gasteiger partial charge in [0.25, 0.3) is 0 Å². The van der Waals surface area contributed by atoms with Crippen LogP contribution in [0.1, 0.15) is 47.5 Å². The molecule has 5 nitrogen and oxygen atoms in total. The molecule has 0 radical (unpaired) electrons. The van der Waals surface area contributed by atoms with Crippen LogP contribution in [-0.2, 0) is 9.53 Å². The maximum absolute atomic E-state index is 12.3. The quantitative estimate of drug-likeness (QED) is 0.791. The van der Waals surface area contributed by atoms with Crippen LogP contribution in [-0.4, -0.2) is 40.3 Å². The number of aliphatic carboxylic acids is 1. The van der Waals surface area contributed by atoms with Crippen LogP contribution in [0.2, 0.25) is 0 Å². The van der Waals surface area contributed by atoms with Crippen molar-refractivity contribution in [3.63, 3.8) is 0 Å². The maximum atomic E-state index is 12.3. The average Bonchev–Trinajstić information content (AvgIpc) is 2.23. The number of nitrogens with zero attached hydrogens (tertiary/aromatic N) is 1. The van der Waals surface area contributed by atoms with E-state index in [0.29, 0.717) is 6.54 Å². The van der Waals surface area contributed by atoms with Crippen molar-refractivity contribution in [1.82, 2.24) is 4.90 Å². The monoisotopic (exact) mass is 283 g/mol. The topological polar surface area (TPSA) is 66.8 Å². The molecule has 20 heavy (non-hydrogen) atoms. The number of carboxylic acid groups (broad SMARTS) is 1. The van der Waals surface area contributed by atoms with Gasteiger partial charge in [0.05, 0.1) is 6.04 Å². The molecule has 1 atom stereocenters. The summed E-state index contributed by atoms with van der Waals surface area (Å²) in [5.41, 5.74) is -0.537. The third-order valence-corrected chi connectivity index (χ3v) is 3.20. The van der Waals surface area contributed by atoms with Gasteiger partial charge in [-0.25, -0.2) is 9.59 Å². The molecule has 114 valence electrons. The first-order chi connectivity index (χ1) is 9.00. The third-order valence-electron chi connectivity index (χ3n) is 3.20. The Morgan fingerprint density at radius 1 is 1.35 bits per heavy atom. The van der Waals surface area contributed by atoms with Gasteiger partial charge in [-0.3, -0.25) is 0 Å². The highest BCUT2D eigenvalue weighted by Gasteiger charge is 2.36. The van der Waals surface area contributed by atoms with E-state index in [9.17, 15) is 9.59 Å². The molecule has 1 fully saturated rings. The van der Waals surface area contributed by atoms with Crippen molar-refractivity contribution in [3.8, 4) is 0 Å². The second-order valence-electron chi connectivity index (χ2n) is 7.08. The lowest BCUT2D eigenvalue weighted by molar-refractivity contribution is -0.131. The predicted molar refractivity (Wildman–Crippen MR) is 76.5 cm³/mol. The highest BCUT2D eigenvalue weighted by Crippen LogP contribution is 2.33. The molecule has 1 N–H and O–H groups in total. The van der Waals surface area contributed by atoms with Crippen molar-refractivity contribution < 1.29 is 19.4 Å². The first-order valence-electron chi connectivity index (χ1n) is 6.91. The van der Waals surface area contributed by atoms with Gasteiger partial charge >= 0.3 is 12.1 Å².